The molecule has 0 aromatic carbocycles. The predicted octanol–water partition coefficient (Wildman–Crippen LogP) is 1.70. The summed E-state index contributed by atoms with van der Waals surface area (Å²) in [5, 5.41) is 3.99. The van der Waals surface area contributed by atoms with Crippen molar-refractivity contribution in [3.05, 3.63) is 11.7 Å². The van der Waals surface area contributed by atoms with Crippen LogP contribution in [0.5, 0.6) is 0 Å². The number of hydrogen-bond acceptors (Lipinski definition) is 5. The Morgan fingerprint density at radius 2 is 2.33 bits per heavy atom. The second-order valence-electron chi connectivity index (χ2n) is 3.99. The van der Waals surface area contributed by atoms with Crippen molar-refractivity contribution in [2.24, 2.45) is 5.73 Å². The van der Waals surface area contributed by atoms with Gasteiger partial charge >= 0.3 is 0 Å². The second kappa shape index (κ2) is 4.53. The van der Waals surface area contributed by atoms with Crippen LogP contribution in [0, 0.1) is 0 Å². The molecule has 0 bridgehead atoms. The minimum absolute atomic E-state index is 0.00211. The van der Waals surface area contributed by atoms with Crippen LogP contribution in [0.3, 0.4) is 0 Å². The molecular formula is C10H17N3OS. The fourth-order valence-corrected chi connectivity index (χ4v) is 2.33. The normalized spacial score (nSPS) is 18.8. The summed E-state index contributed by atoms with van der Waals surface area (Å²) in [6.07, 6.45) is 3.40. The van der Waals surface area contributed by atoms with Gasteiger partial charge in [-0.2, -0.15) is 16.7 Å². The Hall–Kier alpha value is -0.550. The minimum atomic E-state index is 0.00211. The molecule has 0 aliphatic heterocycles. The molecule has 0 radical (unpaired) electrons. The lowest BCUT2D eigenvalue weighted by Crippen LogP contribution is -2.41. The Kier molecular flexibility index (Phi) is 3.31. The highest BCUT2D eigenvalue weighted by atomic mass is 32.2. The Labute approximate surface area is 94.0 Å². The molecule has 15 heavy (non-hydrogen) atoms. The van der Waals surface area contributed by atoms with Crippen molar-refractivity contribution in [2.45, 2.75) is 37.4 Å². The van der Waals surface area contributed by atoms with Crippen molar-refractivity contribution in [3.8, 4) is 0 Å². The maximum Gasteiger partial charge on any atom is 0.234 e. The van der Waals surface area contributed by atoms with Gasteiger partial charge in [-0.05, 0) is 18.6 Å². The first-order valence-corrected chi connectivity index (χ1v) is 6.57. The van der Waals surface area contributed by atoms with Crippen LogP contribution >= 0.6 is 11.8 Å². The maximum atomic E-state index is 5.78. The lowest BCUT2D eigenvalue weighted by atomic mass is 9.69. The van der Waals surface area contributed by atoms with Gasteiger partial charge in [0, 0.05) is 6.54 Å². The summed E-state index contributed by atoms with van der Waals surface area (Å²) >= 11 is 1.80. The molecular weight excluding hydrogens is 210 g/mol. The van der Waals surface area contributed by atoms with Gasteiger partial charge in [0.05, 0.1) is 11.2 Å². The van der Waals surface area contributed by atoms with E-state index in [1.807, 2.05) is 0 Å². The molecule has 1 heterocycles. The average Bonchev–Trinajstić information content (AvgIpc) is 2.63. The summed E-state index contributed by atoms with van der Waals surface area (Å²) in [6.45, 7) is 2.74. The summed E-state index contributed by atoms with van der Waals surface area (Å²) in [5.41, 5.74) is 5.78. The highest BCUT2D eigenvalue weighted by Gasteiger charge is 2.42. The first-order valence-electron chi connectivity index (χ1n) is 5.41. The summed E-state index contributed by atoms with van der Waals surface area (Å²) < 4.78 is 5.31. The smallest absolute Gasteiger partial charge is 0.234 e. The Bertz CT molecular complexity index is 317. The average molecular weight is 227 g/mol. The van der Waals surface area contributed by atoms with Gasteiger partial charge in [-0.1, -0.05) is 18.5 Å². The van der Waals surface area contributed by atoms with Gasteiger partial charge in [-0.15, -0.1) is 0 Å². The van der Waals surface area contributed by atoms with Crippen LogP contribution in [0.1, 0.15) is 37.9 Å². The van der Waals surface area contributed by atoms with Crippen molar-refractivity contribution in [3.63, 3.8) is 0 Å². The Morgan fingerprint density at radius 3 is 2.87 bits per heavy atom. The van der Waals surface area contributed by atoms with E-state index in [4.69, 9.17) is 10.3 Å². The second-order valence-corrected chi connectivity index (χ2v) is 5.27. The van der Waals surface area contributed by atoms with Gasteiger partial charge in [-0.25, -0.2) is 0 Å². The van der Waals surface area contributed by atoms with E-state index in [9.17, 15) is 0 Å². The van der Waals surface area contributed by atoms with Crippen LogP contribution in [0.2, 0.25) is 0 Å². The fourth-order valence-electron chi connectivity index (χ4n) is 1.83. The van der Waals surface area contributed by atoms with Crippen LogP contribution in [0.4, 0.5) is 0 Å². The molecule has 0 unspecified atom stereocenters. The third-order valence-electron chi connectivity index (χ3n) is 3.06. The van der Waals surface area contributed by atoms with Crippen molar-refractivity contribution < 1.29 is 4.52 Å². The first-order chi connectivity index (χ1) is 7.30. The molecule has 0 atom stereocenters. The van der Waals surface area contributed by atoms with E-state index in [1.165, 1.54) is 6.42 Å². The van der Waals surface area contributed by atoms with E-state index in [-0.39, 0.29) is 5.41 Å². The lowest BCUT2D eigenvalue weighted by molar-refractivity contribution is 0.181. The van der Waals surface area contributed by atoms with E-state index in [0.717, 1.165) is 36.1 Å². The molecule has 0 spiro atoms. The molecule has 2 N–H and O–H groups in total. The zero-order valence-electron chi connectivity index (χ0n) is 9.03. The number of nitrogens with two attached hydrogens (primary N) is 1. The molecule has 84 valence electrons. The summed E-state index contributed by atoms with van der Waals surface area (Å²) in [5.74, 6) is 3.46. The number of nitrogens with zero attached hydrogens (tertiary/aromatic N) is 2. The molecule has 1 fully saturated rings. The highest BCUT2D eigenvalue weighted by molar-refractivity contribution is 7.98. The molecule has 1 aromatic heterocycles. The topological polar surface area (TPSA) is 64.9 Å². The minimum Gasteiger partial charge on any atom is -0.339 e. The van der Waals surface area contributed by atoms with E-state index in [2.05, 4.69) is 17.1 Å². The fraction of sp³-hybridized carbons (Fsp3) is 0.800. The molecule has 1 aromatic rings. The Morgan fingerprint density at radius 1 is 1.53 bits per heavy atom. The van der Waals surface area contributed by atoms with Crippen molar-refractivity contribution in [2.75, 3.05) is 12.3 Å². The van der Waals surface area contributed by atoms with Crippen molar-refractivity contribution in [1.29, 1.82) is 0 Å². The molecule has 1 aliphatic rings. The zero-order chi connectivity index (χ0) is 10.7. The van der Waals surface area contributed by atoms with Gasteiger partial charge in [0.25, 0.3) is 0 Å². The molecule has 0 amide bonds. The van der Waals surface area contributed by atoms with Crippen molar-refractivity contribution in [1.82, 2.24) is 10.1 Å². The quantitative estimate of drug-likeness (QED) is 0.829. The van der Waals surface area contributed by atoms with E-state index in [0.29, 0.717) is 6.54 Å². The third-order valence-corrected chi connectivity index (χ3v) is 3.93. The number of rotatable bonds is 5. The first kappa shape index (κ1) is 11.0. The van der Waals surface area contributed by atoms with E-state index >= 15 is 0 Å². The summed E-state index contributed by atoms with van der Waals surface area (Å²) in [4.78, 5) is 4.43. The molecule has 2 rings (SSSR count). The van der Waals surface area contributed by atoms with Gasteiger partial charge in [-0.3, -0.25) is 0 Å². The molecule has 4 nitrogen and oxygen atoms in total. The van der Waals surface area contributed by atoms with Gasteiger partial charge in [0.2, 0.25) is 5.89 Å². The Balaban J connectivity index is 2.05. The monoisotopic (exact) mass is 227 g/mol. The van der Waals surface area contributed by atoms with Gasteiger partial charge in [0.15, 0.2) is 5.82 Å². The largest absolute Gasteiger partial charge is 0.339 e. The predicted molar refractivity (Wildman–Crippen MR) is 60.7 cm³/mol. The van der Waals surface area contributed by atoms with Crippen LogP contribution in [-0.4, -0.2) is 22.4 Å². The molecule has 5 heteroatoms. The van der Waals surface area contributed by atoms with E-state index < -0.39 is 0 Å². The van der Waals surface area contributed by atoms with Crippen LogP contribution in [0.25, 0.3) is 0 Å². The highest BCUT2D eigenvalue weighted by Crippen LogP contribution is 2.41. The van der Waals surface area contributed by atoms with Crippen molar-refractivity contribution >= 4 is 11.8 Å². The number of hydrogen-bond donors (Lipinski definition) is 1. The standard InChI is InChI=1S/C10H17N3OS/c1-2-15-6-8-12-9(14-13-8)10(7-11)4-3-5-10/h2-7,11H2,1H3. The molecule has 0 saturated heterocycles. The zero-order valence-corrected chi connectivity index (χ0v) is 9.85. The van der Waals surface area contributed by atoms with Crippen LogP contribution < -0.4 is 5.73 Å². The summed E-state index contributed by atoms with van der Waals surface area (Å²) in [6, 6.07) is 0. The maximum absolute atomic E-state index is 5.78. The van der Waals surface area contributed by atoms with Gasteiger partial charge < -0.3 is 10.3 Å². The van der Waals surface area contributed by atoms with Gasteiger partial charge in [0.1, 0.15) is 0 Å². The third kappa shape index (κ3) is 2.03. The summed E-state index contributed by atoms with van der Waals surface area (Å²) in [7, 11) is 0. The van der Waals surface area contributed by atoms with Crippen LogP contribution in [0.15, 0.2) is 4.52 Å². The number of aromatic nitrogens is 2. The van der Waals surface area contributed by atoms with Crippen LogP contribution in [-0.2, 0) is 11.2 Å². The molecule has 1 saturated carbocycles. The van der Waals surface area contributed by atoms with E-state index in [1.54, 1.807) is 11.8 Å². The number of thioether (sulfide) groups is 1. The molecule has 1 aliphatic carbocycles. The SMILES string of the molecule is CCSCc1noc(C2(CN)CCC2)n1. The lowest BCUT2D eigenvalue weighted by Gasteiger charge is -2.36.